The van der Waals surface area contributed by atoms with Crippen LogP contribution >= 0.6 is 11.3 Å². The molecule has 0 fully saturated rings. The van der Waals surface area contributed by atoms with E-state index < -0.39 is 17.8 Å². The minimum atomic E-state index is -4.68. The Balaban J connectivity index is 1.45. The lowest BCUT2D eigenvalue weighted by molar-refractivity contribution is -0.143. The first-order valence-corrected chi connectivity index (χ1v) is 12.1. The van der Waals surface area contributed by atoms with Gasteiger partial charge >= 0.3 is 6.18 Å². The molecule has 1 aromatic carbocycles. The van der Waals surface area contributed by atoms with Gasteiger partial charge in [0.1, 0.15) is 11.1 Å². The standard InChI is InChI=1S/C25H18F3N5OS/c26-25(27,28)22-16-10-9-13-5-1-2-6-14(13)21(16)30-20-11-18(32-33(20)22)23(34)31-24-17(12-29)15-7-3-4-8-19(15)35-24/h1-2,5-6,11H,3-4,7-10H2,(H,31,34). The smallest absolute Gasteiger partial charge is 0.311 e. The number of benzene rings is 1. The van der Waals surface area contributed by atoms with Gasteiger partial charge < -0.3 is 5.32 Å². The number of anilines is 1. The molecule has 0 radical (unpaired) electrons. The maximum atomic E-state index is 14.2. The highest BCUT2D eigenvalue weighted by molar-refractivity contribution is 7.16. The molecule has 176 valence electrons. The summed E-state index contributed by atoms with van der Waals surface area (Å²) in [5.41, 5.74) is 2.20. The van der Waals surface area contributed by atoms with Crippen LogP contribution in [0.4, 0.5) is 18.2 Å². The summed E-state index contributed by atoms with van der Waals surface area (Å²) in [5.74, 6) is -0.669. The van der Waals surface area contributed by atoms with Gasteiger partial charge in [-0.2, -0.15) is 23.5 Å². The third-order valence-electron chi connectivity index (χ3n) is 6.63. The zero-order valence-electron chi connectivity index (χ0n) is 18.4. The first-order valence-electron chi connectivity index (χ1n) is 11.3. The van der Waals surface area contributed by atoms with Gasteiger partial charge in [0.15, 0.2) is 17.0 Å². The van der Waals surface area contributed by atoms with Gasteiger partial charge in [-0.25, -0.2) is 9.50 Å². The van der Waals surface area contributed by atoms with Crippen molar-refractivity contribution in [1.82, 2.24) is 14.6 Å². The molecule has 10 heteroatoms. The van der Waals surface area contributed by atoms with Gasteiger partial charge in [0.2, 0.25) is 0 Å². The summed E-state index contributed by atoms with van der Waals surface area (Å²) < 4.78 is 43.5. The monoisotopic (exact) mass is 493 g/mol. The van der Waals surface area contributed by atoms with E-state index in [9.17, 15) is 23.2 Å². The number of rotatable bonds is 2. The summed E-state index contributed by atoms with van der Waals surface area (Å²) in [6.07, 6.45) is -0.393. The van der Waals surface area contributed by atoms with E-state index in [4.69, 9.17) is 0 Å². The SMILES string of the molecule is N#Cc1c(NC(=O)c2cc3nc4c(c(C(F)(F)F)n3n2)CCc2ccccc2-4)sc2c1CCCC2. The summed E-state index contributed by atoms with van der Waals surface area (Å²) >= 11 is 1.35. The van der Waals surface area contributed by atoms with Crippen molar-refractivity contribution < 1.29 is 18.0 Å². The average molecular weight is 494 g/mol. The number of nitrogens with zero attached hydrogens (tertiary/aromatic N) is 4. The van der Waals surface area contributed by atoms with Crippen LogP contribution in [0.2, 0.25) is 0 Å². The number of hydrogen-bond acceptors (Lipinski definition) is 5. The number of alkyl halides is 3. The van der Waals surface area contributed by atoms with Gasteiger partial charge in [0.05, 0.1) is 11.3 Å². The Labute approximate surface area is 202 Å². The number of thiophene rings is 1. The number of nitriles is 1. The summed E-state index contributed by atoms with van der Waals surface area (Å²) in [5, 5.41) is 16.8. The van der Waals surface area contributed by atoms with Crippen LogP contribution < -0.4 is 5.32 Å². The third-order valence-corrected chi connectivity index (χ3v) is 7.84. The number of aromatic nitrogens is 3. The Bertz CT molecular complexity index is 1560. The molecule has 6 rings (SSSR count). The second-order valence-corrected chi connectivity index (χ2v) is 9.83. The molecule has 0 bridgehead atoms. The lowest BCUT2D eigenvalue weighted by Crippen LogP contribution is -2.21. The van der Waals surface area contributed by atoms with E-state index >= 15 is 0 Å². The molecule has 4 aromatic rings. The number of halogens is 3. The van der Waals surface area contributed by atoms with Crippen LogP contribution in [0.25, 0.3) is 16.9 Å². The molecule has 2 aliphatic rings. The van der Waals surface area contributed by atoms with Crippen LogP contribution in [0.1, 0.15) is 56.2 Å². The number of hydrogen-bond donors (Lipinski definition) is 1. The van der Waals surface area contributed by atoms with Crippen LogP contribution in [0.15, 0.2) is 30.3 Å². The highest BCUT2D eigenvalue weighted by Gasteiger charge is 2.40. The van der Waals surface area contributed by atoms with Gasteiger partial charge in [0, 0.05) is 22.1 Å². The second kappa shape index (κ2) is 7.92. The average Bonchev–Trinajstić information content (AvgIpc) is 3.42. The van der Waals surface area contributed by atoms with Gasteiger partial charge in [-0.05, 0) is 49.7 Å². The molecule has 0 aliphatic heterocycles. The Morgan fingerprint density at radius 1 is 1.11 bits per heavy atom. The molecule has 3 heterocycles. The highest BCUT2D eigenvalue weighted by Crippen LogP contribution is 2.41. The van der Waals surface area contributed by atoms with E-state index in [0.717, 1.165) is 46.2 Å². The van der Waals surface area contributed by atoms with E-state index in [1.165, 1.54) is 17.4 Å². The molecule has 0 spiro atoms. The molecule has 0 saturated heterocycles. The van der Waals surface area contributed by atoms with E-state index in [1.807, 2.05) is 12.1 Å². The fourth-order valence-electron chi connectivity index (χ4n) is 5.07. The lowest BCUT2D eigenvalue weighted by atomic mass is 9.88. The van der Waals surface area contributed by atoms with Crippen LogP contribution in [0.3, 0.4) is 0 Å². The zero-order valence-corrected chi connectivity index (χ0v) is 19.2. The van der Waals surface area contributed by atoms with Gasteiger partial charge in [-0.15, -0.1) is 11.3 Å². The maximum absolute atomic E-state index is 14.2. The van der Waals surface area contributed by atoms with Crippen LogP contribution in [0.5, 0.6) is 0 Å². The fraction of sp³-hybridized carbons (Fsp3) is 0.280. The van der Waals surface area contributed by atoms with Gasteiger partial charge in [-0.1, -0.05) is 24.3 Å². The topological polar surface area (TPSA) is 83.1 Å². The molecule has 3 aromatic heterocycles. The third kappa shape index (κ3) is 3.49. The first kappa shape index (κ1) is 21.8. The number of fused-ring (bicyclic) bond motifs is 5. The fourth-order valence-corrected chi connectivity index (χ4v) is 6.30. The summed E-state index contributed by atoms with van der Waals surface area (Å²) in [6, 6.07) is 10.7. The number of carbonyl (C=O) groups excluding carboxylic acids is 1. The molecule has 6 nitrogen and oxygen atoms in total. The Hall–Kier alpha value is -3.71. The Morgan fingerprint density at radius 3 is 2.71 bits per heavy atom. The number of amides is 1. The molecule has 0 unspecified atom stereocenters. The van der Waals surface area contributed by atoms with Crippen molar-refractivity contribution in [3.05, 3.63) is 68.9 Å². The zero-order chi connectivity index (χ0) is 24.3. The van der Waals surface area contributed by atoms with E-state index in [1.54, 1.807) is 12.1 Å². The summed E-state index contributed by atoms with van der Waals surface area (Å²) in [4.78, 5) is 18.6. The number of carbonyl (C=O) groups is 1. The van der Waals surface area contributed by atoms with E-state index in [0.29, 0.717) is 22.5 Å². The van der Waals surface area contributed by atoms with Crippen molar-refractivity contribution in [1.29, 1.82) is 5.26 Å². The van der Waals surface area contributed by atoms with Crippen LogP contribution in [-0.4, -0.2) is 20.5 Å². The molecular formula is C25H18F3N5OS. The van der Waals surface area contributed by atoms with Crippen LogP contribution in [0, 0.1) is 11.3 Å². The number of aryl methyl sites for hydroxylation is 2. The van der Waals surface area contributed by atoms with Crippen molar-refractivity contribution in [2.24, 2.45) is 0 Å². The molecule has 2 aliphatic carbocycles. The maximum Gasteiger partial charge on any atom is 0.433 e. The molecule has 35 heavy (non-hydrogen) atoms. The lowest BCUT2D eigenvalue weighted by Gasteiger charge is -2.23. The largest absolute Gasteiger partial charge is 0.433 e. The van der Waals surface area contributed by atoms with Gasteiger partial charge in [-0.3, -0.25) is 4.79 Å². The van der Waals surface area contributed by atoms with Crippen molar-refractivity contribution in [3.8, 4) is 17.3 Å². The quantitative estimate of drug-likeness (QED) is 0.395. The van der Waals surface area contributed by atoms with Crippen molar-refractivity contribution in [2.75, 3.05) is 5.32 Å². The molecule has 0 saturated carbocycles. The molecule has 1 amide bonds. The molecule has 0 atom stereocenters. The summed E-state index contributed by atoms with van der Waals surface area (Å²) in [7, 11) is 0. The van der Waals surface area contributed by atoms with E-state index in [-0.39, 0.29) is 29.0 Å². The minimum absolute atomic E-state index is 0.0519. The molecular weight excluding hydrogens is 475 g/mol. The van der Waals surface area contributed by atoms with E-state index in [2.05, 4.69) is 21.5 Å². The predicted molar refractivity (Wildman–Crippen MR) is 124 cm³/mol. The number of nitrogens with one attached hydrogen (secondary N) is 1. The van der Waals surface area contributed by atoms with Crippen molar-refractivity contribution >= 4 is 27.9 Å². The minimum Gasteiger partial charge on any atom is -0.311 e. The second-order valence-electron chi connectivity index (χ2n) is 8.72. The Kier molecular flexibility index (Phi) is 4.93. The summed E-state index contributed by atoms with van der Waals surface area (Å²) in [6.45, 7) is 0. The van der Waals surface area contributed by atoms with Crippen molar-refractivity contribution in [2.45, 2.75) is 44.7 Å². The van der Waals surface area contributed by atoms with Crippen molar-refractivity contribution in [3.63, 3.8) is 0 Å². The molecule has 1 N–H and O–H groups in total. The van der Waals surface area contributed by atoms with Crippen LogP contribution in [-0.2, 0) is 31.9 Å². The predicted octanol–water partition coefficient (Wildman–Crippen LogP) is 5.58. The van der Waals surface area contributed by atoms with Gasteiger partial charge in [0.25, 0.3) is 5.91 Å². The first-order chi connectivity index (χ1) is 16.8. The highest BCUT2D eigenvalue weighted by atomic mass is 32.1. The Morgan fingerprint density at radius 2 is 1.91 bits per heavy atom. The normalized spacial score (nSPS) is 14.7.